The largest absolute Gasteiger partial charge is 0.496 e. The highest BCUT2D eigenvalue weighted by Crippen LogP contribution is 2.44. The van der Waals surface area contributed by atoms with Gasteiger partial charge in [0.15, 0.2) is 0 Å². The molecule has 1 aromatic rings. The van der Waals surface area contributed by atoms with Gasteiger partial charge in [0.2, 0.25) is 0 Å². The molecule has 0 fully saturated rings. The van der Waals surface area contributed by atoms with Crippen LogP contribution in [0.4, 0.5) is 13.2 Å². The smallest absolute Gasteiger partial charge is 0.446 e. The van der Waals surface area contributed by atoms with Gasteiger partial charge in [0.25, 0.3) is 0 Å². The van der Waals surface area contributed by atoms with Crippen molar-refractivity contribution in [1.29, 1.82) is 0 Å². The van der Waals surface area contributed by atoms with E-state index in [1.807, 2.05) is 0 Å². The molecule has 1 rings (SSSR count). The SMILES string of the molecule is [B]C([B])(N)Cc1cc(OC)c(SC(F)(F)F)cc1OC. The summed E-state index contributed by atoms with van der Waals surface area (Å²) in [6, 6.07) is 2.60. The van der Waals surface area contributed by atoms with E-state index in [0.29, 0.717) is 5.56 Å². The molecule has 9 heteroatoms. The molecular weight excluding hydrogens is 289 g/mol. The Hall–Kier alpha value is -0.950. The minimum Gasteiger partial charge on any atom is -0.496 e. The Kier molecular flexibility index (Phi) is 5.32. The number of halogens is 3. The van der Waals surface area contributed by atoms with Crippen LogP contribution in [0.3, 0.4) is 0 Å². The van der Waals surface area contributed by atoms with Crippen molar-refractivity contribution in [2.24, 2.45) is 5.73 Å². The predicted octanol–water partition coefficient (Wildman–Crippen LogP) is 1.81. The van der Waals surface area contributed by atoms with E-state index in [9.17, 15) is 13.2 Å². The summed E-state index contributed by atoms with van der Waals surface area (Å²) in [5.41, 5.74) is 1.53. The molecule has 0 saturated carbocycles. The zero-order valence-electron chi connectivity index (χ0n) is 11.0. The van der Waals surface area contributed by atoms with Gasteiger partial charge in [-0.15, -0.1) is 0 Å². The monoisotopic (exact) mass is 301 g/mol. The van der Waals surface area contributed by atoms with E-state index >= 15 is 0 Å². The second-order valence-corrected chi connectivity index (χ2v) is 5.26. The first-order chi connectivity index (χ1) is 9.05. The van der Waals surface area contributed by atoms with E-state index in [1.165, 1.54) is 26.4 Å². The van der Waals surface area contributed by atoms with Crippen molar-refractivity contribution < 1.29 is 22.6 Å². The minimum absolute atomic E-state index is 0.0174. The Balaban J connectivity index is 3.23. The average Bonchev–Trinajstić information content (AvgIpc) is 2.26. The molecule has 0 saturated heterocycles. The molecule has 0 bridgehead atoms. The van der Waals surface area contributed by atoms with E-state index in [4.69, 9.17) is 30.9 Å². The van der Waals surface area contributed by atoms with Crippen molar-refractivity contribution in [3.63, 3.8) is 0 Å². The highest BCUT2D eigenvalue weighted by molar-refractivity contribution is 8.00. The highest BCUT2D eigenvalue weighted by atomic mass is 32.2. The number of ether oxygens (including phenoxy) is 2. The lowest BCUT2D eigenvalue weighted by Crippen LogP contribution is -2.43. The molecule has 2 N–H and O–H groups in total. The summed E-state index contributed by atoms with van der Waals surface area (Å²) < 4.78 is 47.4. The summed E-state index contributed by atoms with van der Waals surface area (Å²) >= 11 is -0.291. The first-order valence-corrected chi connectivity index (χ1v) is 6.24. The molecule has 0 spiro atoms. The summed E-state index contributed by atoms with van der Waals surface area (Å²) in [7, 11) is 13.6. The van der Waals surface area contributed by atoms with E-state index in [-0.39, 0.29) is 34.6 Å². The summed E-state index contributed by atoms with van der Waals surface area (Å²) in [4.78, 5) is -0.114. The number of hydrogen-bond acceptors (Lipinski definition) is 4. The molecule has 106 valence electrons. The van der Waals surface area contributed by atoms with Gasteiger partial charge in [-0.2, -0.15) is 13.2 Å². The lowest BCUT2D eigenvalue weighted by molar-refractivity contribution is -0.0328. The summed E-state index contributed by atoms with van der Waals surface area (Å²) in [6.45, 7) is 0. The average molecular weight is 301 g/mol. The van der Waals surface area contributed by atoms with Gasteiger partial charge in [0, 0.05) is 0 Å². The zero-order chi connectivity index (χ0) is 15.6. The number of benzene rings is 1. The van der Waals surface area contributed by atoms with Crippen molar-refractivity contribution in [3.8, 4) is 11.5 Å². The summed E-state index contributed by atoms with van der Waals surface area (Å²) in [6.07, 6.45) is 0.0174. The Morgan fingerprint density at radius 3 is 2.10 bits per heavy atom. The van der Waals surface area contributed by atoms with Crippen LogP contribution in [0.1, 0.15) is 5.56 Å². The Bertz CT molecular complexity index is 434. The topological polar surface area (TPSA) is 44.5 Å². The van der Waals surface area contributed by atoms with Gasteiger partial charge >= 0.3 is 5.51 Å². The number of hydrogen-bond donors (Lipinski definition) is 1. The standard InChI is InChI=1S/C11H12B2F3NO2S/c1-18-7-4-9(20-11(14,15)16)8(19-2)3-6(7)5-10(12,13)17/h3-4H,5,17H2,1-2H3. The van der Waals surface area contributed by atoms with Crippen LogP contribution in [0.5, 0.6) is 11.5 Å². The molecule has 0 atom stereocenters. The first-order valence-electron chi connectivity index (χ1n) is 5.43. The molecule has 0 amide bonds. The molecule has 4 radical (unpaired) electrons. The van der Waals surface area contributed by atoms with Crippen LogP contribution in [-0.4, -0.2) is 40.8 Å². The van der Waals surface area contributed by atoms with Crippen molar-refractivity contribution in [2.45, 2.75) is 22.2 Å². The molecule has 0 aliphatic carbocycles. The van der Waals surface area contributed by atoms with Gasteiger partial charge in [0.05, 0.1) is 34.8 Å². The fourth-order valence-corrected chi connectivity index (χ4v) is 2.26. The van der Waals surface area contributed by atoms with Crippen LogP contribution in [0.25, 0.3) is 0 Å². The van der Waals surface area contributed by atoms with Gasteiger partial charge in [-0.1, -0.05) is 5.34 Å². The number of thioether (sulfide) groups is 1. The van der Waals surface area contributed by atoms with E-state index < -0.39 is 10.8 Å². The summed E-state index contributed by atoms with van der Waals surface area (Å²) in [5, 5.41) is -1.50. The fraction of sp³-hybridized carbons (Fsp3) is 0.455. The maximum absolute atomic E-state index is 12.5. The second-order valence-electron chi connectivity index (χ2n) is 4.15. The van der Waals surface area contributed by atoms with Crippen molar-refractivity contribution in [3.05, 3.63) is 17.7 Å². The van der Waals surface area contributed by atoms with Crippen LogP contribution >= 0.6 is 11.8 Å². The predicted molar refractivity (Wildman–Crippen MR) is 73.6 cm³/mol. The molecule has 0 aliphatic rings. The second kappa shape index (κ2) is 6.22. The summed E-state index contributed by atoms with van der Waals surface area (Å²) in [5.74, 6) is 0.260. The molecule has 0 unspecified atom stereocenters. The van der Waals surface area contributed by atoms with Gasteiger partial charge in [-0.3, -0.25) is 0 Å². The normalized spacial score (nSPS) is 12.3. The number of methoxy groups -OCH3 is 2. The quantitative estimate of drug-likeness (QED) is 0.665. The number of alkyl halides is 3. The third-order valence-corrected chi connectivity index (χ3v) is 3.06. The van der Waals surface area contributed by atoms with Crippen LogP contribution in [0.2, 0.25) is 0 Å². The van der Waals surface area contributed by atoms with Gasteiger partial charge in [0.1, 0.15) is 11.5 Å². The maximum Gasteiger partial charge on any atom is 0.446 e. The Labute approximate surface area is 122 Å². The fourth-order valence-electron chi connectivity index (χ4n) is 1.61. The lowest BCUT2D eigenvalue weighted by atomic mass is 9.60. The molecule has 20 heavy (non-hydrogen) atoms. The van der Waals surface area contributed by atoms with Crippen molar-refractivity contribution in [2.75, 3.05) is 14.2 Å². The van der Waals surface area contributed by atoms with Crippen molar-refractivity contribution in [1.82, 2.24) is 0 Å². The lowest BCUT2D eigenvalue weighted by Gasteiger charge is -2.22. The third kappa shape index (κ3) is 5.20. The van der Waals surface area contributed by atoms with Crippen LogP contribution in [0.15, 0.2) is 17.0 Å². The molecular formula is C11H12B2F3NO2S. The van der Waals surface area contributed by atoms with Crippen LogP contribution < -0.4 is 15.2 Å². The molecule has 1 aromatic carbocycles. The van der Waals surface area contributed by atoms with E-state index in [1.54, 1.807) is 0 Å². The highest BCUT2D eigenvalue weighted by Gasteiger charge is 2.31. The van der Waals surface area contributed by atoms with E-state index in [2.05, 4.69) is 0 Å². The number of nitrogens with two attached hydrogens (primary N) is 1. The van der Waals surface area contributed by atoms with Crippen LogP contribution in [-0.2, 0) is 6.42 Å². The first kappa shape index (κ1) is 17.1. The van der Waals surface area contributed by atoms with Crippen molar-refractivity contribution >= 4 is 27.5 Å². The van der Waals surface area contributed by atoms with Crippen LogP contribution in [0, 0.1) is 0 Å². The van der Waals surface area contributed by atoms with Gasteiger partial charge in [-0.25, -0.2) is 0 Å². The van der Waals surface area contributed by atoms with E-state index in [0.717, 1.165) is 0 Å². The van der Waals surface area contributed by atoms with Gasteiger partial charge < -0.3 is 15.2 Å². The molecule has 3 nitrogen and oxygen atoms in total. The zero-order valence-corrected chi connectivity index (χ0v) is 11.8. The molecule has 0 aliphatic heterocycles. The van der Waals surface area contributed by atoms with Gasteiger partial charge in [-0.05, 0) is 35.9 Å². The number of rotatable bonds is 5. The minimum atomic E-state index is -4.43. The Morgan fingerprint density at radius 2 is 1.70 bits per heavy atom. The maximum atomic E-state index is 12.5. The molecule has 0 aromatic heterocycles. The molecule has 0 heterocycles. The Morgan fingerprint density at radius 1 is 1.15 bits per heavy atom. The third-order valence-electron chi connectivity index (χ3n) is 2.29.